The summed E-state index contributed by atoms with van der Waals surface area (Å²) in [5.74, 6) is 0.972. The van der Waals surface area contributed by atoms with E-state index in [1.165, 1.54) is 5.56 Å². The van der Waals surface area contributed by atoms with Gasteiger partial charge in [-0.1, -0.05) is 18.2 Å². The van der Waals surface area contributed by atoms with E-state index in [0.717, 1.165) is 44.6 Å². The smallest absolute Gasteiger partial charge is 0.310 e. The van der Waals surface area contributed by atoms with E-state index in [4.69, 9.17) is 9.47 Å². The number of carbonyl (C=O) groups excluding carboxylic acids is 1. The molecule has 1 saturated heterocycles. The summed E-state index contributed by atoms with van der Waals surface area (Å²) in [7, 11) is 0. The molecule has 2 rings (SSSR count). The Labute approximate surface area is 133 Å². The number of likely N-dealkylation sites (tertiary alicyclic amines) is 1. The first kappa shape index (κ1) is 16.8. The van der Waals surface area contributed by atoms with Crippen molar-refractivity contribution < 1.29 is 14.3 Å². The SMILES string of the molecule is CCOC(=O)C1CCCN(CCCOc2ccccc2C)C1. The van der Waals surface area contributed by atoms with Crippen LogP contribution in [0.25, 0.3) is 0 Å². The zero-order valence-electron chi connectivity index (χ0n) is 13.7. The molecule has 22 heavy (non-hydrogen) atoms. The van der Waals surface area contributed by atoms with Crippen LogP contribution in [0, 0.1) is 12.8 Å². The van der Waals surface area contributed by atoms with Gasteiger partial charge in [-0.3, -0.25) is 4.79 Å². The minimum Gasteiger partial charge on any atom is -0.493 e. The number of piperidine rings is 1. The Bertz CT molecular complexity index is 475. The van der Waals surface area contributed by atoms with E-state index >= 15 is 0 Å². The number of para-hydroxylation sites is 1. The molecule has 1 unspecified atom stereocenters. The van der Waals surface area contributed by atoms with Crippen molar-refractivity contribution in [1.29, 1.82) is 0 Å². The van der Waals surface area contributed by atoms with Crippen molar-refractivity contribution in [1.82, 2.24) is 4.90 Å². The van der Waals surface area contributed by atoms with Crippen LogP contribution < -0.4 is 4.74 Å². The van der Waals surface area contributed by atoms with E-state index in [1.54, 1.807) is 0 Å². The van der Waals surface area contributed by atoms with E-state index in [-0.39, 0.29) is 11.9 Å². The zero-order valence-corrected chi connectivity index (χ0v) is 13.7. The second-order valence-corrected chi connectivity index (χ2v) is 5.86. The van der Waals surface area contributed by atoms with Crippen LogP contribution in [0.15, 0.2) is 24.3 Å². The van der Waals surface area contributed by atoms with Gasteiger partial charge in [0.1, 0.15) is 5.75 Å². The number of hydrogen-bond donors (Lipinski definition) is 0. The van der Waals surface area contributed by atoms with Crippen LogP contribution in [0.2, 0.25) is 0 Å². The predicted octanol–water partition coefficient (Wildman–Crippen LogP) is 3.04. The molecular formula is C18H27NO3. The number of esters is 1. The number of benzene rings is 1. The minimum atomic E-state index is -0.0386. The summed E-state index contributed by atoms with van der Waals surface area (Å²) in [6.45, 7) is 7.97. The van der Waals surface area contributed by atoms with Gasteiger partial charge in [0, 0.05) is 13.1 Å². The highest BCUT2D eigenvalue weighted by atomic mass is 16.5. The molecule has 1 aromatic carbocycles. The van der Waals surface area contributed by atoms with E-state index in [0.29, 0.717) is 13.2 Å². The Balaban J connectivity index is 1.68. The molecular weight excluding hydrogens is 278 g/mol. The molecule has 4 nitrogen and oxygen atoms in total. The fraction of sp³-hybridized carbons (Fsp3) is 0.611. The van der Waals surface area contributed by atoms with Gasteiger partial charge < -0.3 is 14.4 Å². The van der Waals surface area contributed by atoms with Crippen LogP contribution in [0.5, 0.6) is 5.75 Å². The highest BCUT2D eigenvalue weighted by Crippen LogP contribution is 2.19. The average molecular weight is 305 g/mol. The van der Waals surface area contributed by atoms with Crippen molar-refractivity contribution in [2.75, 3.05) is 32.8 Å². The van der Waals surface area contributed by atoms with Gasteiger partial charge in [-0.05, 0) is 51.3 Å². The Morgan fingerprint density at radius 3 is 2.95 bits per heavy atom. The monoisotopic (exact) mass is 305 g/mol. The molecule has 1 aliphatic heterocycles. The van der Waals surface area contributed by atoms with Crippen LogP contribution in [0.3, 0.4) is 0 Å². The summed E-state index contributed by atoms with van der Waals surface area (Å²) in [4.78, 5) is 14.2. The Morgan fingerprint density at radius 1 is 1.36 bits per heavy atom. The van der Waals surface area contributed by atoms with Crippen LogP contribution >= 0.6 is 0 Å². The predicted molar refractivity (Wildman–Crippen MR) is 87.1 cm³/mol. The van der Waals surface area contributed by atoms with Crippen molar-refractivity contribution >= 4 is 5.97 Å². The van der Waals surface area contributed by atoms with Crippen LogP contribution in [0.1, 0.15) is 31.7 Å². The van der Waals surface area contributed by atoms with Gasteiger partial charge in [-0.15, -0.1) is 0 Å². The molecule has 1 aromatic rings. The molecule has 0 N–H and O–H groups in total. The lowest BCUT2D eigenvalue weighted by Crippen LogP contribution is -2.40. The van der Waals surface area contributed by atoms with E-state index in [9.17, 15) is 4.79 Å². The lowest BCUT2D eigenvalue weighted by molar-refractivity contribution is -0.149. The van der Waals surface area contributed by atoms with Gasteiger partial charge in [-0.2, -0.15) is 0 Å². The van der Waals surface area contributed by atoms with Gasteiger partial charge in [0.15, 0.2) is 0 Å². The molecule has 0 spiro atoms. The summed E-state index contributed by atoms with van der Waals surface area (Å²) in [6.07, 6.45) is 3.00. The van der Waals surface area contributed by atoms with Crippen molar-refractivity contribution in [3.05, 3.63) is 29.8 Å². The number of aryl methyl sites for hydroxylation is 1. The van der Waals surface area contributed by atoms with Crippen molar-refractivity contribution in [2.24, 2.45) is 5.92 Å². The standard InChI is InChI=1S/C18H27NO3/c1-3-21-18(20)16-9-6-11-19(14-16)12-7-13-22-17-10-5-4-8-15(17)2/h4-5,8,10,16H,3,6-7,9,11-14H2,1-2H3. The summed E-state index contributed by atoms with van der Waals surface area (Å²) in [6, 6.07) is 8.08. The average Bonchev–Trinajstić information content (AvgIpc) is 2.54. The number of nitrogens with zero attached hydrogens (tertiary/aromatic N) is 1. The van der Waals surface area contributed by atoms with E-state index in [2.05, 4.69) is 17.9 Å². The first-order valence-electron chi connectivity index (χ1n) is 8.28. The summed E-state index contributed by atoms with van der Waals surface area (Å²) in [5.41, 5.74) is 1.17. The second-order valence-electron chi connectivity index (χ2n) is 5.86. The largest absolute Gasteiger partial charge is 0.493 e. The molecule has 0 aliphatic carbocycles. The highest BCUT2D eigenvalue weighted by Gasteiger charge is 2.26. The maximum absolute atomic E-state index is 11.8. The Hall–Kier alpha value is -1.55. The number of rotatable bonds is 7. The van der Waals surface area contributed by atoms with Gasteiger partial charge in [0.05, 0.1) is 19.1 Å². The van der Waals surface area contributed by atoms with Gasteiger partial charge in [0.2, 0.25) is 0 Å². The molecule has 122 valence electrons. The Morgan fingerprint density at radius 2 is 2.18 bits per heavy atom. The molecule has 1 aliphatic rings. The van der Waals surface area contributed by atoms with Gasteiger partial charge in [-0.25, -0.2) is 0 Å². The highest BCUT2D eigenvalue weighted by molar-refractivity contribution is 5.72. The molecule has 1 atom stereocenters. The molecule has 1 heterocycles. The molecule has 0 bridgehead atoms. The maximum atomic E-state index is 11.8. The first-order valence-corrected chi connectivity index (χ1v) is 8.28. The third-order valence-electron chi connectivity index (χ3n) is 4.10. The van der Waals surface area contributed by atoms with Crippen molar-refractivity contribution in [3.63, 3.8) is 0 Å². The lowest BCUT2D eigenvalue weighted by atomic mass is 9.98. The van der Waals surface area contributed by atoms with Crippen LogP contribution in [0.4, 0.5) is 0 Å². The molecule has 0 radical (unpaired) electrons. The maximum Gasteiger partial charge on any atom is 0.310 e. The molecule has 4 heteroatoms. The zero-order chi connectivity index (χ0) is 15.8. The molecule has 0 amide bonds. The van der Waals surface area contributed by atoms with Gasteiger partial charge >= 0.3 is 5.97 Å². The third-order valence-corrected chi connectivity index (χ3v) is 4.10. The number of hydrogen-bond acceptors (Lipinski definition) is 4. The second kappa shape index (κ2) is 8.79. The third kappa shape index (κ3) is 5.02. The quantitative estimate of drug-likeness (QED) is 0.573. The fourth-order valence-corrected chi connectivity index (χ4v) is 2.90. The van der Waals surface area contributed by atoms with E-state index < -0.39 is 0 Å². The van der Waals surface area contributed by atoms with E-state index in [1.807, 2.05) is 25.1 Å². The van der Waals surface area contributed by atoms with Crippen molar-refractivity contribution in [3.8, 4) is 5.75 Å². The topological polar surface area (TPSA) is 38.8 Å². The van der Waals surface area contributed by atoms with Crippen LogP contribution in [-0.4, -0.2) is 43.7 Å². The normalized spacial score (nSPS) is 18.9. The Kier molecular flexibility index (Phi) is 6.72. The van der Waals surface area contributed by atoms with Crippen LogP contribution in [-0.2, 0) is 9.53 Å². The summed E-state index contributed by atoms with van der Waals surface area (Å²) >= 11 is 0. The molecule has 1 fully saturated rings. The number of ether oxygens (including phenoxy) is 2. The van der Waals surface area contributed by atoms with Crippen molar-refractivity contribution in [2.45, 2.75) is 33.1 Å². The number of carbonyl (C=O) groups is 1. The lowest BCUT2D eigenvalue weighted by Gasteiger charge is -2.31. The van der Waals surface area contributed by atoms with Gasteiger partial charge in [0.25, 0.3) is 0 Å². The summed E-state index contributed by atoms with van der Waals surface area (Å²) in [5, 5.41) is 0. The molecule has 0 aromatic heterocycles. The fourth-order valence-electron chi connectivity index (χ4n) is 2.90. The minimum absolute atomic E-state index is 0.0386. The summed E-state index contributed by atoms with van der Waals surface area (Å²) < 4.78 is 11.0. The molecule has 0 saturated carbocycles. The first-order chi connectivity index (χ1) is 10.7.